The van der Waals surface area contributed by atoms with Crippen LogP contribution < -0.4 is 0 Å². The summed E-state index contributed by atoms with van der Waals surface area (Å²) in [4.78, 5) is 17.3. The van der Waals surface area contributed by atoms with E-state index >= 15 is 0 Å². The van der Waals surface area contributed by atoms with Crippen LogP contribution in [0.15, 0.2) is 24.4 Å². The summed E-state index contributed by atoms with van der Waals surface area (Å²) in [5.41, 5.74) is 1.95. The smallest absolute Gasteiger partial charge is 0.410 e. The predicted molar refractivity (Wildman–Crippen MR) is 93.1 cm³/mol. The van der Waals surface area contributed by atoms with Gasteiger partial charge in [0.2, 0.25) is 0 Å². The molecule has 0 unspecified atom stereocenters. The van der Waals surface area contributed by atoms with Crippen molar-refractivity contribution in [2.24, 2.45) is 0 Å². The third kappa shape index (κ3) is 3.63. The number of hydrogen-bond donors (Lipinski definition) is 1. The van der Waals surface area contributed by atoms with E-state index in [2.05, 4.69) is 17.2 Å². The van der Waals surface area contributed by atoms with E-state index in [-0.39, 0.29) is 6.09 Å². The average Bonchev–Trinajstić information content (AvgIpc) is 2.88. The molecule has 2 heterocycles. The second-order valence-corrected chi connectivity index (χ2v) is 7.61. The highest BCUT2D eigenvalue weighted by atomic mass is 35.5. The van der Waals surface area contributed by atoms with Gasteiger partial charge in [0, 0.05) is 35.2 Å². The number of piperidine rings is 1. The number of carbonyl (C=O) groups excluding carboxylic acids is 1. The summed E-state index contributed by atoms with van der Waals surface area (Å²) in [6.45, 7) is 7.16. The molecule has 1 aliphatic rings. The number of amides is 1. The number of fused-ring (bicyclic) bond motifs is 1. The highest BCUT2D eigenvalue weighted by molar-refractivity contribution is 6.31. The normalized spacial score (nSPS) is 16.8. The van der Waals surface area contributed by atoms with Gasteiger partial charge in [0.25, 0.3) is 0 Å². The maximum atomic E-state index is 12.1. The zero-order valence-electron chi connectivity index (χ0n) is 13.9. The van der Waals surface area contributed by atoms with Crippen molar-refractivity contribution < 1.29 is 9.53 Å². The van der Waals surface area contributed by atoms with E-state index in [4.69, 9.17) is 16.3 Å². The number of H-pyrrole nitrogens is 1. The molecule has 0 radical (unpaired) electrons. The molecule has 0 atom stereocenters. The van der Waals surface area contributed by atoms with E-state index in [1.165, 1.54) is 10.9 Å². The molecule has 1 amide bonds. The Morgan fingerprint density at radius 2 is 2.00 bits per heavy atom. The van der Waals surface area contributed by atoms with Crippen LogP contribution in [0.4, 0.5) is 4.79 Å². The number of nitrogens with one attached hydrogen (secondary N) is 1. The third-order valence-electron chi connectivity index (χ3n) is 4.26. The number of likely N-dealkylation sites (tertiary alicyclic amines) is 1. The summed E-state index contributed by atoms with van der Waals surface area (Å²) in [6, 6.07) is 5.96. The van der Waals surface area contributed by atoms with Crippen molar-refractivity contribution in [3.05, 3.63) is 35.0 Å². The van der Waals surface area contributed by atoms with Crippen LogP contribution in [0.1, 0.15) is 45.1 Å². The van der Waals surface area contributed by atoms with Gasteiger partial charge >= 0.3 is 6.09 Å². The minimum Gasteiger partial charge on any atom is -0.444 e. The predicted octanol–water partition coefficient (Wildman–Crippen LogP) is 4.94. The van der Waals surface area contributed by atoms with Crippen molar-refractivity contribution in [1.82, 2.24) is 9.88 Å². The summed E-state index contributed by atoms with van der Waals surface area (Å²) >= 11 is 6.04. The standard InChI is InChI=1S/C18H23ClN2O2/c1-18(2,3)23-17(22)21-8-6-12(7-9-21)15-11-20-16-10-13(19)4-5-14(15)16/h4-5,10-12,20H,6-9H2,1-3H3. The summed E-state index contributed by atoms with van der Waals surface area (Å²) < 4.78 is 5.45. The van der Waals surface area contributed by atoms with E-state index in [1.54, 1.807) is 0 Å². The molecule has 1 aromatic heterocycles. The molecule has 0 bridgehead atoms. The topological polar surface area (TPSA) is 45.3 Å². The highest BCUT2D eigenvalue weighted by Crippen LogP contribution is 2.34. The molecular formula is C18H23ClN2O2. The quantitative estimate of drug-likeness (QED) is 0.803. The summed E-state index contributed by atoms with van der Waals surface area (Å²) in [5, 5.41) is 1.97. The third-order valence-corrected chi connectivity index (χ3v) is 4.50. The van der Waals surface area contributed by atoms with Gasteiger partial charge in [0.1, 0.15) is 5.60 Å². The van der Waals surface area contributed by atoms with Crippen LogP contribution in [0, 0.1) is 0 Å². The fourth-order valence-corrected chi connectivity index (χ4v) is 3.33. The summed E-state index contributed by atoms with van der Waals surface area (Å²) in [6.07, 6.45) is 3.78. The number of rotatable bonds is 1. The first-order valence-corrected chi connectivity index (χ1v) is 8.46. The van der Waals surface area contributed by atoms with Gasteiger partial charge in [-0.25, -0.2) is 4.79 Å². The molecule has 1 fully saturated rings. The average molecular weight is 335 g/mol. The van der Waals surface area contributed by atoms with Crippen LogP contribution in [0.25, 0.3) is 10.9 Å². The van der Waals surface area contributed by atoms with E-state index in [0.717, 1.165) is 36.5 Å². The number of ether oxygens (including phenoxy) is 1. The molecule has 5 heteroatoms. The van der Waals surface area contributed by atoms with Crippen LogP contribution in [-0.4, -0.2) is 34.7 Å². The Morgan fingerprint density at radius 3 is 2.65 bits per heavy atom. The van der Waals surface area contributed by atoms with Gasteiger partial charge in [0.15, 0.2) is 0 Å². The monoisotopic (exact) mass is 334 g/mol. The van der Waals surface area contributed by atoms with Crippen LogP contribution in [0.5, 0.6) is 0 Å². The first-order chi connectivity index (χ1) is 10.8. The molecule has 1 N–H and O–H groups in total. The number of aromatic amines is 1. The van der Waals surface area contributed by atoms with Gasteiger partial charge in [-0.3, -0.25) is 0 Å². The van der Waals surface area contributed by atoms with Gasteiger partial charge in [-0.2, -0.15) is 0 Å². The highest BCUT2D eigenvalue weighted by Gasteiger charge is 2.28. The van der Waals surface area contributed by atoms with E-state index in [1.807, 2.05) is 37.8 Å². The molecule has 23 heavy (non-hydrogen) atoms. The number of aromatic nitrogens is 1. The van der Waals surface area contributed by atoms with Crippen molar-refractivity contribution in [2.75, 3.05) is 13.1 Å². The summed E-state index contributed by atoms with van der Waals surface area (Å²) in [7, 11) is 0. The van der Waals surface area contributed by atoms with Gasteiger partial charge in [-0.05, 0) is 57.2 Å². The second-order valence-electron chi connectivity index (χ2n) is 7.18. The van der Waals surface area contributed by atoms with Crippen LogP contribution in [-0.2, 0) is 4.74 Å². The maximum Gasteiger partial charge on any atom is 0.410 e. The van der Waals surface area contributed by atoms with E-state index in [0.29, 0.717) is 5.92 Å². The SMILES string of the molecule is CC(C)(C)OC(=O)N1CCC(c2c[nH]c3cc(Cl)ccc23)CC1. The number of carbonyl (C=O) groups is 1. The minimum atomic E-state index is -0.440. The van der Waals surface area contributed by atoms with Crippen LogP contribution in [0.3, 0.4) is 0 Å². The Hall–Kier alpha value is -1.68. The van der Waals surface area contributed by atoms with Gasteiger partial charge in [0.05, 0.1) is 0 Å². The van der Waals surface area contributed by atoms with Crippen molar-refractivity contribution in [2.45, 2.75) is 45.1 Å². The molecule has 3 rings (SSSR count). The van der Waals surface area contributed by atoms with Crippen molar-refractivity contribution in [1.29, 1.82) is 0 Å². The molecule has 2 aromatic rings. The lowest BCUT2D eigenvalue weighted by molar-refractivity contribution is 0.0205. The molecule has 1 aromatic carbocycles. The molecule has 0 saturated carbocycles. The first-order valence-electron chi connectivity index (χ1n) is 8.08. The molecule has 0 aliphatic carbocycles. The van der Waals surface area contributed by atoms with Crippen LogP contribution >= 0.6 is 11.6 Å². The Morgan fingerprint density at radius 1 is 1.30 bits per heavy atom. The maximum absolute atomic E-state index is 12.1. The molecule has 124 valence electrons. The summed E-state index contributed by atoms with van der Waals surface area (Å²) in [5.74, 6) is 0.462. The Bertz CT molecular complexity index is 709. The largest absolute Gasteiger partial charge is 0.444 e. The zero-order chi connectivity index (χ0) is 16.6. The number of hydrogen-bond acceptors (Lipinski definition) is 2. The zero-order valence-corrected chi connectivity index (χ0v) is 14.6. The lowest BCUT2D eigenvalue weighted by Gasteiger charge is -2.33. The Labute approximate surface area is 141 Å². The van der Waals surface area contributed by atoms with Gasteiger partial charge in [-0.15, -0.1) is 0 Å². The van der Waals surface area contributed by atoms with Crippen molar-refractivity contribution in [3.8, 4) is 0 Å². The molecule has 1 aliphatic heterocycles. The molecular weight excluding hydrogens is 312 g/mol. The fourth-order valence-electron chi connectivity index (χ4n) is 3.16. The van der Waals surface area contributed by atoms with E-state index < -0.39 is 5.60 Å². The Kier molecular flexibility index (Phi) is 4.28. The van der Waals surface area contributed by atoms with Crippen LogP contribution in [0.2, 0.25) is 5.02 Å². The number of halogens is 1. The Balaban J connectivity index is 1.67. The fraction of sp³-hybridized carbons (Fsp3) is 0.500. The molecule has 1 saturated heterocycles. The molecule has 4 nitrogen and oxygen atoms in total. The van der Waals surface area contributed by atoms with Gasteiger partial charge < -0.3 is 14.6 Å². The number of nitrogens with zero attached hydrogens (tertiary/aromatic N) is 1. The lowest BCUT2D eigenvalue weighted by atomic mass is 9.89. The van der Waals surface area contributed by atoms with Crippen molar-refractivity contribution >= 4 is 28.6 Å². The lowest BCUT2D eigenvalue weighted by Crippen LogP contribution is -2.41. The second kappa shape index (κ2) is 6.08. The van der Waals surface area contributed by atoms with E-state index in [9.17, 15) is 4.79 Å². The van der Waals surface area contributed by atoms with Gasteiger partial charge in [-0.1, -0.05) is 17.7 Å². The number of benzene rings is 1. The molecule has 0 spiro atoms. The minimum absolute atomic E-state index is 0.207. The first kappa shape index (κ1) is 16.2. The van der Waals surface area contributed by atoms with Crippen molar-refractivity contribution in [3.63, 3.8) is 0 Å².